The largest absolute Gasteiger partial charge is 1.00 e. The molecule has 2 aliphatic carbocycles. The van der Waals surface area contributed by atoms with Gasteiger partial charge in [-0.15, -0.1) is 0 Å². The molecule has 54 heavy (non-hydrogen) atoms. The molecule has 1 atom stereocenters. The van der Waals surface area contributed by atoms with Gasteiger partial charge in [0.2, 0.25) is 0 Å². The van der Waals surface area contributed by atoms with Gasteiger partial charge in [0.15, 0.2) is 0 Å². The second-order valence-electron chi connectivity index (χ2n) is 15.0. The van der Waals surface area contributed by atoms with Gasteiger partial charge in [0.1, 0.15) is 0 Å². The molecule has 0 aliphatic heterocycles. The van der Waals surface area contributed by atoms with E-state index in [0.717, 1.165) is 22.9 Å². The molecule has 0 heterocycles. The summed E-state index contributed by atoms with van der Waals surface area (Å²) in [7, 11) is 0. The van der Waals surface area contributed by atoms with Gasteiger partial charge in [-0.2, -0.15) is 0 Å². The minimum atomic E-state index is -3.16. The zero-order chi connectivity index (χ0) is 36.0. The van der Waals surface area contributed by atoms with Crippen LogP contribution in [0.4, 0.5) is 0 Å². The van der Waals surface area contributed by atoms with Crippen molar-refractivity contribution in [3.63, 3.8) is 0 Å². The van der Waals surface area contributed by atoms with E-state index in [9.17, 15) is 0 Å². The van der Waals surface area contributed by atoms with Crippen molar-refractivity contribution < 1.29 is 46.1 Å². The van der Waals surface area contributed by atoms with Crippen molar-refractivity contribution in [3.05, 3.63) is 193 Å². The summed E-state index contributed by atoms with van der Waals surface area (Å²) in [5.41, 5.74) is 14.8. The fourth-order valence-electron chi connectivity index (χ4n) is 8.02. The van der Waals surface area contributed by atoms with E-state index < -0.39 is 21.3 Å². The van der Waals surface area contributed by atoms with Gasteiger partial charge in [-0.1, -0.05) is 0 Å². The third kappa shape index (κ3) is 7.87. The quantitative estimate of drug-likeness (QED) is 0.158. The number of hydrogen-bond acceptors (Lipinski definition) is 0. The van der Waals surface area contributed by atoms with Crippen LogP contribution in [0.1, 0.15) is 56.4 Å². The molecule has 0 N–H and O–H groups in total. The summed E-state index contributed by atoms with van der Waals surface area (Å²) < 4.78 is 4.69. The van der Waals surface area contributed by atoms with Gasteiger partial charge < -0.3 is 24.8 Å². The standard InChI is InChI=1S/C25H17.C13H8Cl2.C11H17.2ClH.Zr/c1-3-7-18(8-4-1)20-11-13-24-22(15-20)17-23-16-21(12-14-25(23)24)19-9-5-2-6-10-19;14-12-5-1-10(2-6-12)9-11-3-7-13(15)8-4-11;1-5-9-6-7-10(8-9)11(2,3)4;;;/h1-15H,17H2;1-8H;7-9H,5H2,1-4H3;2*1H;/q;;;;;+2/p-2. The molecule has 0 aromatic heterocycles. The molecule has 1 unspecified atom stereocenters. The maximum atomic E-state index is 6.58. The Morgan fingerprint density at radius 3 is 1.72 bits per heavy atom. The van der Waals surface area contributed by atoms with Crippen LogP contribution in [0.25, 0.3) is 33.4 Å². The zero-order valence-electron chi connectivity index (χ0n) is 30.9. The normalized spacial score (nSPS) is 14.1. The van der Waals surface area contributed by atoms with E-state index in [1.54, 1.807) is 6.55 Å². The molecule has 0 bridgehead atoms. The van der Waals surface area contributed by atoms with Crippen molar-refractivity contribution in [2.24, 2.45) is 11.3 Å². The predicted molar refractivity (Wildman–Crippen MR) is 221 cm³/mol. The molecule has 0 fully saturated rings. The average Bonchev–Trinajstić information content (AvgIpc) is 3.77. The van der Waals surface area contributed by atoms with Crippen LogP contribution in [0, 0.1) is 11.3 Å². The minimum Gasteiger partial charge on any atom is -1.00 e. The molecule has 0 amide bonds. The van der Waals surface area contributed by atoms with Gasteiger partial charge in [-0.3, -0.25) is 0 Å². The van der Waals surface area contributed by atoms with E-state index in [1.807, 2.05) is 0 Å². The Kier molecular flexibility index (Phi) is 12.6. The summed E-state index contributed by atoms with van der Waals surface area (Å²) in [5, 5.41) is 1.51. The summed E-state index contributed by atoms with van der Waals surface area (Å²) in [5.74, 6) is 0.381. The molecule has 6 aromatic carbocycles. The van der Waals surface area contributed by atoms with E-state index in [-0.39, 0.29) is 30.2 Å². The molecule has 0 radical (unpaired) electrons. The first-order chi connectivity index (χ1) is 25.2. The molecule has 5 heteroatoms. The van der Waals surface area contributed by atoms with Crippen LogP contribution in [0.15, 0.2) is 161 Å². The molecule has 0 saturated heterocycles. The van der Waals surface area contributed by atoms with Crippen LogP contribution in [0.2, 0.25) is 10.0 Å². The number of rotatable bonds is 7. The minimum absolute atomic E-state index is 0. The molecular weight excluding hydrogens is 822 g/mol. The first kappa shape index (κ1) is 40.4. The van der Waals surface area contributed by atoms with Crippen molar-refractivity contribution in [1.29, 1.82) is 0 Å². The third-order valence-electron chi connectivity index (χ3n) is 10.7. The van der Waals surface area contributed by atoms with Crippen molar-refractivity contribution >= 4 is 29.7 Å². The van der Waals surface area contributed by atoms with Crippen molar-refractivity contribution in [2.75, 3.05) is 0 Å². The second-order valence-corrected chi connectivity index (χ2v) is 21.6. The number of allylic oxidation sites excluding steroid dienone is 4. The first-order valence-electron chi connectivity index (χ1n) is 18.3. The predicted octanol–water partition coefficient (Wildman–Crippen LogP) is 7.32. The maximum absolute atomic E-state index is 6.58. The van der Waals surface area contributed by atoms with Crippen LogP contribution >= 0.6 is 23.2 Å². The summed E-state index contributed by atoms with van der Waals surface area (Å²) >= 11 is 10.00. The van der Waals surface area contributed by atoms with Gasteiger partial charge in [-0.05, 0) is 0 Å². The van der Waals surface area contributed by atoms with Gasteiger partial charge in [0.05, 0.1) is 0 Å². The molecular formula is C49H42Cl4Zr. The van der Waals surface area contributed by atoms with Crippen molar-refractivity contribution in [3.8, 4) is 33.4 Å². The van der Waals surface area contributed by atoms with Gasteiger partial charge in [0, 0.05) is 0 Å². The fraction of sp³-hybridized carbons (Fsp3) is 0.163. The Morgan fingerprint density at radius 2 is 1.17 bits per heavy atom. The van der Waals surface area contributed by atoms with Crippen LogP contribution in [0.5, 0.6) is 0 Å². The topological polar surface area (TPSA) is 0 Å². The van der Waals surface area contributed by atoms with Crippen molar-refractivity contribution in [2.45, 2.75) is 40.5 Å². The maximum Gasteiger partial charge on any atom is -1.00 e. The summed E-state index contributed by atoms with van der Waals surface area (Å²) in [4.78, 5) is 0. The van der Waals surface area contributed by atoms with Gasteiger partial charge in [0.25, 0.3) is 0 Å². The molecule has 2 aliphatic rings. The molecule has 0 saturated carbocycles. The Hall–Kier alpha value is -3.29. The second kappa shape index (κ2) is 16.8. The fourth-order valence-corrected chi connectivity index (χ4v) is 17.4. The average molecular weight is 864 g/mol. The number of halogens is 4. The number of hydrogen-bond donors (Lipinski definition) is 0. The summed E-state index contributed by atoms with van der Waals surface area (Å²) in [6, 6.07) is 51.0. The SMILES string of the molecule is CCC1C=C(C(C)(C)C)C=[C]1[Zr+2](=[C](c1ccc(Cl)cc1)c1ccc(Cl)cc1)[c]1c(-c2ccccc2)ccc2c1Cc1cc(-c3ccccc3)ccc1-2.[Cl-].[Cl-]. The van der Waals surface area contributed by atoms with E-state index >= 15 is 0 Å². The zero-order valence-corrected chi connectivity index (χ0v) is 36.4. The first-order valence-corrected chi connectivity index (χ1v) is 22.7. The van der Waals surface area contributed by atoms with Crippen LogP contribution in [-0.2, 0) is 27.7 Å². The summed E-state index contributed by atoms with van der Waals surface area (Å²) in [6.07, 6.45) is 7.20. The molecule has 0 spiro atoms. The van der Waals surface area contributed by atoms with Gasteiger partial charge in [-0.25, -0.2) is 0 Å². The molecule has 6 aromatic rings. The van der Waals surface area contributed by atoms with E-state index in [1.165, 1.54) is 64.4 Å². The van der Waals surface area contributed by atoms with E-state index in [2.05, 4.69) is 179 Å². The Bertz CT molecular complexity index is 2330. The number of fused-ring (bicyclic) bond motifs is 3. The molecule has 270 valence electrons. The van der Waals surface area contributed by atoms with Crippen LogP contribution < -0.4 is 28.1 Å². The molecule has 0 nitrogen and oxygen atoms in total. The third-order valence-corrected chi connectivity index (χ3v) is 19.2. The van der Waals surface area contributed by atoms with E-state index in [4.69, 9.17) is 23.2 Å². The Labute approximate surface area is 351 Å². The molecule has 8 rings (SSSR count). The van der Waals surface area contributed by atoms with Gasteiger partial charge >= 0.3 is 329 Å². The smallest absolute Gasteiger partial charge is 1.00 e. The number of benzene rings is 6. The van der Waals surface area contributed by atoms with Crippen LogP contribution in [0.3, 0.4) is 0 Å². The monoisotopic (exact) mass is 860 g/mol. The Balaban J connectivity index is 0.00000249. The van der Waals surface area contributed by atoms with Crippen molar-refractivity contribution in [1.82, 2.24) is 0 Å². The summed E-state index contributed by atoms with van der Waals surface area (Å²) in [6.45, 7) is 9.43. The van der Waals surface area contributed by atoms with E-state index in [0.29, 0.717) is 5.92 Å². The van der Waals surface area contributed by atoms with Crippen LogP contribution in [-0.4, -0.2) is 3.21 Å². The Morgan fingerprint density at radius 1 is 0.630 bits per heavy atom.